The van der Waals surface area contributed by atoms with Crippen LogP contribution in [0.3, 0.4) is 0 Å². The van der Waals surface area contributed by atoms with Gasteiger partial charge in [-0.25, -0.2) is 0 Å². The maximum absolute atomic E-state index is 11.3. The van der Waals surface area contributed by atoms with E-state index in [9.17, 15) is 5.11 Å². The minimum atomic E-state index is -0.864. The first-order valence-electron chi connectivity index (χ1n) is 8.11. The molecule has 0 aliphatic heterocycles. The number of methoxy groups -OCH3 is 2. The highest BCUT2D eigenvalue weighted by Crippen LogP contribution is 2.32. The van der Waals surface area contributed by atoms with E-state index in [0.717, 1.165) is 41.9 Å². The Morgan fingerprint density at radius 1 is 0.870 bits per heavy atom. The van der Waals surface area contributed by atoms with Gasteiger partial charge in [-0.3, -0.25) is 0 Å². The maximum Gasteiger partial charge on any atom is 0.118 e. The van der Waals surface area contributed by atoms with Gasteiger partial charge in [-0.2, -0.15) is 0 Å². The first-order chi connectivity index (χ1) is 11.1. The Kier molecular flexibility index (Phi) is 6.05. The molecule has 0 heterocycles. The van der Waals surface area contributed by atoms with Gasteiger partial charge in [0.25, 0.3) is 0 Å². The number of aliphatic hydroxyl groups is 1. The molecule has 3 heteroatoms. The number of hydrogen-bond acceptors (Lipinski definition) is 3. The first-order valence-corrected chi connectivity index (χ1v) is 8.11. The summed E-state index contributed by atoms with van der Waals surface area (Å²) in [5, 5.41) is 11.3. The van der Waals surface area contributed by atoms with Crippen molar-refractivity contribution < 1.29 is 14.6 Å². The lowest BCUT2D eigenvalue weighted by Crippen LogP contribution is -2.28. The van der Waals surface area contributed by atoms with Crippen LogP contribution in [0.5, 0.6) is 11.5 Å². The lowest BCUT2D eigenvalue weighted by Gasteiger charge is -2.29. The quantitative estimate of drug-likeness (QED) is 0.788. The second-order valence-electron chi connectivity index (χ2n) is 5.89. The van der Waals surface area contributed by atoms with E-state index < -0.39 is 5.60 Å². The van der Waals surface area contributed by atoms with Gasteiger partial charge in [0.15, 0.2) is 0 Å². The third-order valence-electron chi connectivity index (χ3n) is 4.23. The third-order valence-corrected chi connectivity index (χ3v) is 4.23. The van der Waals surface area contributed by atoms with Crippen molar-refractivity contribution in [1.82, 2.24) is 0 Å². The summed E-state index contributed by atoms with van der Waals surface area (Å²) in [5.74, 6) is 1.63. The van der Waals surface area contributed by atoms with Crippen molar-refractivity contribution in [1.29, 1.82) is 0 Å². The van der Waals surface area contributed by atoms with Crippen LogP contribution in [0.15, 0.2) is 48.5 Å². The second kappa shape index (κ2) is 8.02. The van der Waals surface area contributed by atoms with Crippen LogP contribution < -0.4 is 9.47 Å². The summed E-state index contributed by atoms with van der Waals surface area (Å²) in [6, 6.07) is 15.6. The summed E-state index contributed by atoms with van der Waals surface area (Å²) in [5.41, 5.74) is 1.17. The zero-order valence-corrected chi connectivity index (χ0v) is 14.2. The number of ether oxygens (including phenoxy) is 2. The average Bonchev–Trinajstić information content (AvgIpc) is 2.60. The normalized spacial score (nSPS) is 13.4. The number of unbranched alkanes of at least 4 members (excludes halogenated alkanes) is 1. The van der Waals surface area contributed by atoms with Gasteiger partial charge in [-0.15, -0.1) is 0 Å². The largest absolute Gasteiger partial charge is 0.497 e. The fraction of sp³-hybridized carbons (Fsp3) is 0.400. The van der Waals surface area contributed by atoms with Crippen LogP contribution in [0.2, 0.25) is 0 Å². The highest BCUT2D eigenvalue weighted by molar-refractivity contribution is 5.34. The molecule has 0 fully saturated rings. The minimum Gasteiger partial charge on any atom is -0.497 e. The molecule has 1 atom stereocenters. The van der Waals surface area contributed by atoms with Gasteiger partial charge < -0.3 is 14.6 Å². The van der Waals surface area contributed by atoms with Crippen molar-refractivity contribution in [2.75, 3.05) is 14.2 Å². The molecule has 2 rings (SSSR count). The van der Waals surface area contributed by atoms with Crippen LogP contribution in [0.25, 0.3) is 0 Å². The lowest BCUT2D eigenvalue weighted by atomic mass is 9.83. The van der Waals surface area contributed by atoms with E-state index >= 15 is 0 Å². The van der Waals surface area contributed by atoms with E-state index in [1.165, 1.54) is 0 Å². The van der Waals surface area contributed by atoms with E-state index in [-0.39, 0.29) is 0 Å². The van der Waals surface area contributed by atoms with Crippen molar-refractivity contribution in [3.05, 3.63) is 59.7 Å². The Morgan fingerprint density at radius 3 is 1.87 bits per heavy atom. The molecule has 0 saturated heterocycles. The molecule has 0 radical (unpaired) electrons. The molecule has 2 aromatic rings. The van der Waals surface area contributed by atoms with E-state index in [1.54, 1.807) is 14.2 Å². The molecule has 3 nitrogen and oxygen atoms in total. The summed E-state index contributed by atoms with van der Waals surface area (Å²) in [7, 11) is 3.31. The molecule has 2 aromatic carbocycles. The molecule has 0 bridgehead atoms. The smallest absolute Gasteiger partial charge is 0.118 e. The summed E-state index contributed by atoms with van der Waals surface area (Å²) >= 11 is 0. The molecule has 1 N–H and O–H groups in total. The third kappa shape index (κ3) is 4.49. The van der Waals surface area contributed by atoms with Crippen LogP contribution in [0.1, 0.15) is 37.3 Å². The molecule has 1 unspecified atom stereocenters. The zero-order chi connectivity index (χ0) is 16.7. The highest BCUT2D eigenvalue weighted by Gasteiger charge is 2.29. The van der Waals surface area contributed by atoms with Gasteiger partial charge in [0.05, 0.1) is 19.8 Å². The summed E-state index contributed by atoms with van der Waals surface area (Å²) in [6.07, 6.45) is 3.37. The lowest BCUT2D eigenvalue weighted by molar-refractivity contribution is 0.0253. The predicted octanol–water partition coefficient (Wildman–Crippen LogP) is 4.32. The number of hydrogen-bond donors (Lipinski definition) is 1. The van der Waals surface area contributed by atoms with Crippen molar-refractivity contribution in [2.24, 2.45) is 0 Å². The van der Waals surface area contributed by atoms with Gasteiger partial charge in [0, 0.05) is 6.42 Å². The topological polar surface area (TPSA) is 38.7 Å². The SMILES string of the molecule is CCCCC(O)(Cc1ccc(OC)cc1)c1ccc(OC)cc1. The average molecular weight is 314 g/mol. The Labute approximate surface area is 138 Å². The van der Waals surface area contributed by atoms with Gasteiger partial charge in [-0.05, 0) is 41.8 Å². The van der Waals surface area contributed by atoms with Gasteiger partial charge >= 0.3 is 0 Å². The summed E-state index contributed by atoms with van der Waals surface area (Å²) in [4.78, 5) is 0. The van der Waals surface area contributed by atoms with Crippen LogP contribution in [-0.4, -0.2) is 19.3 Å². The summed E-state index contributed by atoms with van der Waals surface area (Å²) in [6.45, 7) is 2.14. The molecule has 0 saturated carbocycles. The Morgan fingerprint density at radius 2 is 1.39 bits per heavy atom. The van der Waals surface area contributed by atoms with Crippen LogP contribution in [0.4, 0.5) is 0 Å². The Bertz CT molecular complexity index is 589. The van der Waals surface area contributed by atoms with E-state index in [1.807, 2.05) is 48.5 Å². The van der Waals surface area contributed by atoms with Crippen molar-refractivity contribution in [3.8, 4) is 11.5 Å². The number of benzene rings is 2. The highest BCUT2D eigenvalue weighted by atomic mass is 16.5. The number of rotatable bonds is 8. The molecular weight excluding hydrogens is 288 g/mol. The minimum absolute atomic E-state index is 0.587. The molecule has 124 valence electrons. The molecular formula is C20H26O3. The Balaban J connectivity index is 2.25. The monoisotopic (exact) mass is 314 g/mol. The second-order valence-corrected chi connectivity index (χ2v) is 5.89. The van der Waals surface area contributed by atoms with Crippen LogP contribution in [0, 0.1) is 0 Å². The molecule has 0 aliphatic carbocycles. The summed E-state index contributed by atoms with van der Waals surface area (Å²) < 4.78 is 10.4. The molecule has 0 aromatic heterocycles. The van der Waals surface area contributed by atoms with Gasteiger partial charge in [0.2, 0.25) is 0 Å². The van der Waals surface area contributed by atoms with E-state index in [0.29, 0.717) is 6.42 Å². The van der Waals surface area contributed by atoms with Crippen molar-refractivity contribution >= 4 is 0 Å². The van der Waals surface area contributed by atoms with Gasteiger partial charge in [0.1, 0.15) is 11.5 Å². The van der Waals surface area contributed by atoms with Crippen molar-refractivity contribution in [2.45, 2.75) is 38.2 Å². The fourth-order valence-corrected chi connectivity index (χ4v) is 2.79. The fourth-order valence-electron chi connectivity index (χ4n) is 2.79. The maximum atomic E-state index is 11.3. The van der Waals surface area contributed by atoms with Crippen LogP contribution in [-0.2, 0) is 12.0 Å². The molecule has 0 spiro atoms. The van der Waals surface area contributed by atoms with Crippen LogP contribution >= 0.6 is 0 Å². The Hall–Kier alpha value is -2.00. The first kappa shape index (κ1) is 17.4. The molecule has 23 heavy (non-hydrogen) atoms. The zero-order valence-electron chi connectivity index (χ0n) is 14.2. The van der Waals surface area contributed by atoms with Gasteiger partial charge in [-0.1, -0.05) is 44.0 Å². The van der Waals surface area contributed by atoms with E-state index in [4.69, 9.17) is 9.47 Å². The standard InChI is InChI=1S/C20H26O3/c1-4-5-14-20(21,17-8-12-19(23-3)13-9-17)15-16-6-10-18(22-2)11-7-16/h6-13,21H,4-5,14-15H2,1-3H3. The molecule has 0 aliphatic rings. The predicted molar refractivity (Wildman–Crippen MR) is 93.1 cm³/mol. The van der Waals surface area contributed by atoms with Crippen molar-refractivity contribution in [3.63, 3.8) is 0 Å². The van der Waals surface area contributed by atoms with E-state index in [2.05, 4.69) is 6.92 Å². The molecule has 0 amide bonds.